The first-order chi connectivity index (χ1) is 20.0. The average molecular weight is 601 g/mol. The van der Waals surface area contributed by atoms with Gasteiger partial charge in [0.2, 0.25) is 21.8 Å². The van der Waals surface area contributed by atoms with Gasteiger partial charge in [-0.2, -0.15) is 4.41 Å². The zero-order chi connectivity index (χ0) is 30.4. The summed E-state index contributed by atoms with van der Waals surface area (Å²) in [6.45, 7) is 3.73. The fraction of sp³-hybridized carbons (Fsp3) is 0.448. The van der Waals surface area contributed by atoms with Gasteiger partial charge in [-0.15, -0.1) is 0 Å². The lowest BCUT2D eigenvalue weighted by Crippen LogP contribution is -2.53. The minimum Gasteiger partial charge on any atom is -0.350 e. The molecule has 2 aromatic rings. The highest BCUT2D eigenvalue weighted by molar-refractivity contribution is 7.92. The second-order valence-corrected chi connectivity index (χ2v) is 12.7. The third kappa shape index (κ3) is 7.33. The van der Waals surface area contributed by atoms with E-state index in [1.54, 1.807) is 30.3 Å². The molecule has 1 unspecified atom stereocenters. The van der Waals surface area contributed by atoms with Crippen molar-refractivity contribution >= 4 is 39.3 Å². The van der Waals surface area contributed by atoms with Crippen LogP contribution in [0.15, 0.2) is 54.6 Å². The fourth-order valence-corrected chi connectivity index (χ4v) is 5.81. The minimum absolute atomic E-state index is 0.121. The summed E-state index contributed by atoms with van der Waals surface area (Å²) in [5.74, 6) is -5.25. The number of hydrazine groups is 1. The van der Waals surface area contributed by atoms with Crippen molar-refractivity contribution in [3.8, 4) is 0 Å². The van der Waals surface area contributed by atoms with Crippen LogP contribution in [0.4, 0.5) is 5.69 Å². The van der Waals surface area contributed by atoms with Crippen LogP contribution in [0.1, 0.15) is 60.2 Å². The summed E-state index contributed by atoms with van der Waals surface area (Å²) in [7, 11) is -3.98. The van der Waals surface area contributed by atoms with Crippen LogP contribution in [-0.4, -0.2) is 62.6 Å². The predicted molar refractivity (Wildman–Crippen MR) is 153 cm³/mol. The van der Waals surface area contributed by atoms with E-state index in [4.69, 9.17) is 9.57 Å². The number of anilines is 1. The number of carbonyl (C=O) groups excluding carboxylic acids is 4. The molecule has 0 spiro atoms. The Bertz CT molecular complexity index is 1370. The molecule has 0 aromatic heterocycles. The van der Waals surface area contributed by atoms with Crippen molar-refractivity contribution < 1.29 is 37.2 Å². The molecule has 3 atom stereocenters. The van der Waals surface area contributed by atoms with Gasteiger partial charge in [-0.05, 0) is 49.4 Å². The number of para-hydroxylation sites is 1. The molecule has 2 N–H and O–H groups in total. The first-order valence-corrected chi connectivity index (χ1v) is 15.7. The first-order valence-electron chi connectivity index (χ1n) is 13.9. The maximum absolute atomic E-state index is 13.9. The number of hydroxylamine groups is 1. The summed E-state index contributed by atoms with van der Waals surface area (Å²) in [5.41, 5.74) is 5.42. The smallest absolute Gasteiger partial charge is 0.261 e. The van der Waals surface area contributed by atoms with E-state index in [2.05, 4.69) is 10.9 Å². The molecule has 2 heterocycles. The van der Waals surface area contributed by atoms with Gasteiger partial charge in [-0.25, -0.2) is 18.7 Å². The maximum Gasteiger partial charge on any atom is 0.261 e. The number of imide groups is 1. The lowest BCUT2D eigenvalue weighted by molar-refractivity contribution is -0.203. The Morgan fingerprint density at radius 2 is 1.60 bits per heavy atom. The van der Waals surface area contributed by atoms with Crippen LogP contribution < -0.4 is 15.3 Å². The highest BCUT2D eigenvalue weighted by Gasteiger charge is 2.43. The van der Waals surface area contributed by atoms with Crippen molar-refractivity contribution in [1.29, 1.82) is 0 Å². The number of rotatable bonds is 12. The second-order valence-electron chi connectivity index (χ2n) is 10.8. The van der Waals surface area contributed by atoms with Gasteiger partial charge in [0.25, 0.3) is 11.8 Å². The lowest BCUT2D eigenvalue weighted by atomic mass is 9.83. The average Bonchev–Trinajstić information content (AvgIpc) is 3.21. The molecular formula is C29H36N4O8S. The van der Waals surface area contributed by atoms with Crippen molar-refractivity contribution in [3.05, 3.63) is 65.7 Å². The van der Waals surface area contributed by atoms with E-state index >= 15 is 0 Å². The fourth-order valence-electron chi connectivity index (χ4n) is 5.05. The van der Waals surface area contributed by atoms with Gasteiger partial charge in [0, 0.05) is 19.6 Å². The summed E-state index contributed by atoms with van der Waals surface area (Å²) in [4.78, 5) is 60.4. The van der Waals surface area contributed by atoms with E-state index in [1.165, 1.54) is 24.3 Å². The number of ether oxygens (including phenoxy) is 1. The topological polar surface area (TPSA) is 151 Å². The maximum atomic E-state index is 13.9. The Balaban J connectivity index is 1.65. The van der Waals surface area contributed by atoms with Crippen LogP contribution in [0, 0.1) is 17.8 Å². The van der Waals surface area contributed by atoms with Gasteiger partial charge in [-0.3, -0.25) is 29.5 Å². The molecule has 2 aliphatic heterocycles. The zero-order valence-electron chi connectivity index (χ0n) is 23.8. The van der Waals surface area contributed by atoms with E-state index < -0.39 is 58.3 Å². The van der Waals surface area contributed by atoms with E-state index in [9.17, 15) is 27.6 Å². The number of amides is 4. The third-order valence-electron chi connectivity index (χ3n) is 7.10. The molecule has 226 valence electrons. The number of nitrogens with zero attached hydrogens (tertiary/aromatic N) is 2. The number of hydrogen-bond donors (Lipinski definition) is 2. The molecular weight excluding hydrogens is 564 g/mol. The molecule has 0 bridgehead atoms. The molecule has 2 aromatic carbocycles. The minimum atomic E-state index is -3.98. The van der Waals surface area contributed by atoms with Gasteiger partial charge >= 0.3 is 0 Å². The zero-order valence-corrected chi connectivity index (χ0v) is 24.6. The Kier molecular flexibility index (Phi) is 9.97. The second kappa shape index (κ2) is 13.4. The molecule has 2 aliphatic rings. The van der Waals surface area contributed by atoms with E-state index in [1.807, 2.05) is 13.8 Å². The third-order valence-corrected chi connectivity index (χ3v) is 8.07. The Hall–Kier alpha value is -3.81. The first kappa shape index (κ1) is 31.1. The normalized spacial score (nSPS) is 18.4. The molecule has 0 aliphatic carbocycles. The Morgan fingerprint density at radius 1 is 0.976 bits per heavy atom. The Morgan fingerprint density at radius 3 is 2.14 bits per heavy atom. The largest absolute Gasteiger partial charge is 0.350 e. The number of sulfonamides is 1. The van der Waals surface area contributed by atoms with Crippen molar-refractivity contribution in [2.24, 2.45) is 17.8 Å². The molecule has 0 radical (unpaired) electrons. The highest BCUT2D eigenvalue weighted by Crippen LogP contribution is 2.29. The van der Waals surface area contributed by atoms with Crippen LogP contribution in [0.5, 0.6) is 0 Å². The van der Waals surface area contributed by atoms with Gasteiger partial charge < -0.3 is 4.74 Å². The summed E-state index contributed by atoms with van der Waals surface area (Å²) >= 11 is 0. The predicted octanol–water partition coefficient (Wildman–Crippen LogP) is 2.63. The summed E-state index contributed by atoms with van der Waals surface area (Å²) in [5, 5.41) is 0. The number of benzene rings is 2. The van der Waals surface area contributed by atoms with Crippen LogP contribution in [0.3, 0.4) is 0 Å². The van der Waals surface area contributed by atoms with E-state index in [-0.39, 0.29) is 29.2 Å². The molecule has 0 saturated carbocycles. The van der Waals surface area contributed by atoms with Crippen LogP contribution in [-0.2, 0) is 29.2 Å². The highest BCUT2D eigenvalue weighted by atomic mass is 32.2. The van der Waals surface area contributed by atoms with Crippen LogP contribution >= 0.6 is 0 Å². The molecule has 42 heavy (non-hydrogen) atoms. The molecule has 1 saturated heterocycles. The number of hydrogen-bond acceptors (Lipinski definition) is 8. The monoisotopic (exact) mass is 600 g/mol. The molecule has 12 nitrogen and oxygen atoms in total. The van der Waals surface area contributed by atoms with Gasteiger partial charge in [-0.1, -0.05) is 44.2 Å². The lowest BCUT2D eigenvalue weighted by Gasteiger charge is -2.32. The Labute approximate surface area is 245 Å². The standard InChI is InChI=1S/C29H36N4O8S/c1-19(2)17-23(26(34)30-33(42(3,38)39)20-11-5-4-6-12-20)24(27(35)31-41-25-15-9-10-16-40-25)18-32-28(36)21-13-7-8-14-22(21)29(32)37/h4-8,11-14,19,23-25H,9-10,15-18H2,1-3H3,(H,30,34)(H,31,35)/t23-,24+,25?/m1/s1. The molecule has 4 rings (SSSR count). The molecule has 13 heteroatoms. The van der Waals surface area contributed by atoms with Crippen molar-refractivity contribution in [2.45, 2.75) is 45.8 Å². The SMILES string of the molecule is CC(C)C[C@@H](C(=O)NN(c1ccccc1)S(C)(=O)=O)[C@H](CN1C(=O)c2ccccc2C1=O)C(=O)NOC1CCCCO1. The quantitative estimate of drug-likeness (QED) is 0.279. The van der Waals surface area contributed by atoms with E-state index in [0.717, 1.165) is 28.4 Å². The van der Waals surface area contributed by atoms with Gasteiger partial charge in [0.15, 0.2) is 6.29 Å². The van der Waals surface area contributed by atoms with E-state index in [0.29, 0.717) is 13.0 Å². The summed E-state index contributed by atoms with van der Waals surface area (Å²) in [6, 6.07) is 14.3. The van der Waals surface area contributed by atoms with Crippen molar-refractivity contribution in [3.63, 3.8) is 0 Å². The van der Waals surface area contributed by atoms with Crippen LogP contribution in [0.25, 0.3) is 0 Å². The molecule has 4 amide bonds. The van der Waals surface area contributed by atoms with Crippen molar-refractivity contribution in [2.75, 3.05) is 23.8 Å². The van der Waals surface area contributed by atoms with Gasteiger partial charge in [0.1, 0.15) is 0 Å². The summed E-state index contributed by atoms with van der Waals surface area (Å²) < 4.78 is 31.6. The van der Waals surface area contributed by atoms with Gasteiger partial charge in [0.05, 0.1) is 34.9 Å². The molecule has 1 fully saturated rings. The summed E-state index contributed by atoms with van der Waals surface area (Å²) in [6.07, 6.45) is 2.67. The number of nitrogens with one attached hydrogen (secondary N) is 2. The van der Waals surface area contributed by atoms with Crippen molar-refractivity contribution in [1.82, 2.24) is 15.8 Å². The number of fused-ring (bicyclic) bond motifs is 1. The number of carbonyl (C=O) groups is 4. The van der Waals surface area contributed by atoms with Crippen LogP contribution in [0.2, 0.25) is 0 Å².